The summed E-state index contributed by atoms with van der Waals surface area (Å²) in [7, 11) is 1.55. The summed E-state index contributed by atoms with van der Waals surface area (Å²) >= 11 is 6.14. The van der Waals surface area contributed by atoms with Gasteiger partial charge in [0.25, 0.3) is 0 Å². The largest absolute Gasteiger partial charge is 0.495 e. The van der Waals surface area contributed by atoms with Crippen LogP contribution in [0, 0.1) is 11.8 Å². The molecule has 5 heteroatoms. The molecule has 0 aromatic heterocycles. The number of benzene rings is 1. The maximum atomic E-state index is 12.0. The number of carbonyl (C=O) groups is 2. The first-order valence-electron chi connectivity index (χ1n) is 6.61. The Balaban J connectivity index is 2.39. The van der Waals surface area contributed by atoms with Crippen LogP contribution < -0.4 is 10.1 Å². The molecule has 0 bridgehead atoms. The molecule has 0 aliphatic carbocycles. The third kappa shape index (κ3) is 2.80. The average molecular weight is 296 g/mol. The lowest BCUT2D eigenvalue weighted by molar-refractivity contribution is -0.138. The maximum Gasteiger partial charge on any atom is 0.230 e. The molecule has 2 unspecified atom stereocenters. The van der Waals surface area contributed by atoms with Crippen LogP contribution in [0.3, 0.4) is 0 Å². The zero-order valence-corrected chi connectivity index (χ0v) is 12.5. The van der Waals surface area contributed by atoms with Crippen molar-refractivity contribution >= 4 is 23.4 Å². The smallest absolute Gasteiger partial charge is 0.230 e. The van der Waals surface area contributed by atoms with Gasteiger partial charge < -0.3 is 4.74 Å². The number of ether oxygens (including phenoxy) is 1. The average Bonchev–Trinajstić information content (AvgIpc) is 2.37. The van der Waals surface area contributed by atoms with E-state index in [-0.39, 0.29) is 29.6 Å². The molecule has 20 heavy (non-hydrogen) atoms. The molecule has 0 spiro atoms. The molecule has 1 fully saturated rings. The van der Waals surface area contributed by atoms with E-state index >= 15 is 0 Å². The van der Waals surface area contributed by atoms with Crippen molar-refractivity contribution in [3.05, 3.63) is 28.8 Å². The van der Waals surface area contributed by atoms with Crippen molar-refractivity contribution < 1.29 is 14.3 Å². The zero-order valence-electron chi connectivity index (χ0n) is 11.8. The molecule has 2 rings (SSSR count). The highest BCUT2D eigenvalue weighted by molar-refractivity contribution is 6.32. The highest BCUT2D eigenvalue weighted by atomic mass is 35.5. The molecule has 108 valence electrons. The van der Waals surface area contributed by atoms with Crippen LogP contribution in [0.25, 0.3) is 0 Å². The fraction of sp³-hybridized carbons (Fsp3) is 0.467. The standard InChI is InChI=1S/C15H18ClNO3/c1-8(2)14-10(7-13(18)17-15(14)19)9-4-5-12(20-3)11(16)6-9/h4-6,8,10,14H,7H2,1-3H3,(H,17,18,19). The Morgan fingerprint density at radius 2 is 2.05 bits per heavy atom. The molecule has 1 aliphatic rings. The SMILES string of the molecule is COc1ccc(C2CC(=O)NC(=O)C2C(C)C)cc1Cl. The first kappa shape index (κ1) is 14.9. The number of carbonyl (C=O) groups excluding carboxylic acids is 2. The first-order valence-corrected chi connectivity index (χ1v) is 6.99. The second-order valence-electron chi connectivity index (χ2n) is 5.39. The summed E-state index contributed by atoms with van der Waals surface area (Å²) in [6.07, 6.45) is 0.303. The van der Waals surface area contributed by atoms with Crippen molar-refractivity contribution in [2.45, 2.75) is 26.2 Å². The number of amides is 2. The first-order chi connectivity index (χ1) is 9.43. The van der Waals surface area contributed by atoms with Crippen LogP contribution in [0.1, 0.15) is 31.7 Å². The molecular weight excluding hydrogens is 278 g/mol. The normalized spacial score (nSPS) is 22.9. The van der Waals surface area contributed by atoms with Gasteiger partial charge in [-0.05, 0) is 23.6 Å². The number of rotatable bonds is 3. The minimum Gasteiger partial charge on any atom is -0.495 e. The van der Waals surface area contributed by atoms with Gasteiger partial charge in [-0.2, -0.15) is 0 Å². The Kier molecular flexibility index (Phi) is 4.33. The Hall–Kier alpha value is -1.55. The van der Waals surface area contributed by atoms with Gasteiger partial charge in [0.1, 0.15) is 5.75 Å². The Morgan fingerprint density at radius 3 is 2.60 bits per heavy atom. The van der Waals surface area contributed by atoms with Crippen molar-refractivity contribution in [2.24, 2.45) is 11.8 Å². The second kappa shape index (κ2) is 5.83. The van der Waals surface area contributed by atoms with Crippen molar-refractivity contribution in [3.63, 3.8) is 0 Å². The lowest BCUT2D eigenvalue weighted by atomic mass is 9.75. The number of halogens is 1. The fourth-order valence-corrected chi connectivity index (χ4v) is 3.05. The predicted molar refractivity (Wildman–Crippen MR) is 76.8 cm³/mol. The lowest BCUT2D eigenvalue weighted by Gasteiger charge is -2.33. The van der Waals surface area contributed by atoms with E-state index < -0.39 is 0 Å². The number of hydrogen-bond donors (Lipinski definition) is 1. The summed E-state index contributed by atoms with van der Waals surface area (Å²) in [6, 6.07) is 5.43. The van der Waals surface area contributed by atoms with E-state index in [4.69, 9.17) is 16.3 Å². The highest BCUT2D eigenvalue weighted by Gasteiger charge is 2.38. The van der Waals surface area contributed by atoms with E-state index in [1.165, 1.54) is 0 Å². The van der Waals surface area contributed by atoms with Crippen LogP contribution in [0.4, 0.5) is 0 Å². The zero-order chi connectivity index (χ0) is 14.9. The molecule has 2 amide bonds. The molecule has 4 nitrogen and oxygen atoms in total. The quantitative estimate of drug-likeness (QED) is 0.872. The van der Waals surface area contributed by atoms with Gasteiger partial charge in [0, 0.05) is 18.3 Å². The van der Waals surface area contributed by atoms with Gasteiger partial charge in [-0.1, -0.05) is 31.5 Å². The molecule has 1 N–H and O–H groups in total. The van der Waals surface area contributed by atoms with Crippen LogP contribution in [-0.4, -0.2) is 18.9 Å². The van der Waals surface area contributed by atoms with E-state index in [2.05, 4.69) is 5.32 Å². The Labute approximate surface area is 123 Å². The predicted octanol–water partition coefficient (Wildman–Crippen LogP) is 2.75. The fourth-order valence-electron chi connectivity index (χ4n) is 2.79. The number of piperidine rings is 1. The summed E-state index contributed by atoms with van der Waals surface area (Å²) in [4.78, 5) is 23.7. The van der Waals surface area contributed by atoms with Gasteiger partial charge in [-0.3, -0.25) is 14.9 Å². The van der Waals surface area contributed by atoms with Gasteiger partial charge in [0.05, 0.1) is 12.1 Å². The minimum absolute atomic E-state index is 0.139. The molecule has 2 atom stereocenters. The number of imide groups is 1. The molecular formula is C15H18ClNO3. The highest BCUT2D eigenvalue weighted by Crippen LogP contribution is 2.38. The summed E-state index contributed by atoms with van der Waals surface area (Å²) in [5.41, 5.74) is 0.901. The molecule has 0 radical (unpaired) electrons. The van der Waals surface area contributed by atoms with Crippen molar-refractivity contribution in [3.8, 4) is 5.75 Å². The van der Waals surface area contributed by atoms with Gasteiger partial charge >= 0.3 is 0 Å². The molecule has 1 aliphatic heterocycles. The lowest BCUT2D eigenvalue weighted by Crippen LogP contribution is -2.46. The van der Waals surface area contributed by atoms with Gasteiger partial charge in [-0.15, -0.1) is 0 Å². The Bertz CT molecular complexity index is 542. The van der Waals surface area contributed by atoms with E-state index in [0.717, 1.165) is 5.56 Å². The summed E-state index contributed by atoms with van der Waals surface area (Å²) in [5.74, 6) is -0.0640. The van der Waals surface area contributed by atoms with E-state index in [9.17, 15) is 9.59 Å². The molecule has 0 saturated carbocycles. The topological polar surface area (TPSA) is 55.4 Å². The monoisotopic (exact) mass is 295 g/mol. The third-order valence-electron chi connectivity index (χ3n) is 3.73. The summed E-state index contributed by atoms with van der Waals surface area (Å²) in [5, 5.41) is 2.90. The van der Waals surface area contributed by atoms with Gasteiger partial charge in [0.2, 0.25) is 11.8 Å². The van der Waals surface area contributed by atoms with Crippen molar-refractivity contribution in [1.82, 2.24) is 5.32 Å². The van der Waals surface area contributed by atoms with Crippen LogP contribution in [0.15, 0.2) is 18.2 Å². The number of hydrogen-bond acceptors (Lipinski definition) is 3. The minimum atomic E-state index is -0.233. The number of nitrogens with one attached hydrogen (secondary N) is 1. The van der Waals surface area contributed by atoms with Crippen molar-refractivity contribution in [1.29, 1.82) is 0 Å². The van der Waals surface area contributed by atoms with Crippen LogP contribution in [-0.2, 0) is 9.59 Å². The van der Waals surface area contributed by atoms with Gasteiger partial charge in [-0.25, -0.2) is 0 Å². The Morgan fingerprint density at radius 1 is 1.35 bits per heavy atom. The maximum absolute atomic E-state index is 12.0. The molecule has 1 heterocycles. The summed E-state index contributed by atoms with van der Waals surface area (Å²) in [6.45, 7) is 3.97. The second-order valence-corrected chi connectivity index (χ2v) is 5.79. The van der Waals surface area contributed by atoms with Crippen molar-refractivity contribution in [2.75, 3.05) is 7.11 Å². The summed E-state index contributed by atoms with van der Waals surface area (Å²) < 4.78 is 5.13. The molecule has 1 aromatic rings. The van der Waals surface area contributed by atoms with Crippen LogP contribution in [0.5, 0.6) is 5.75 Å². The third-order valence-corrected chi connectivity index (χ3v) is 4.02. The molecule has 1 aromatic carbocycles. The van der Waals surface area contributed by atoms with Crippen LogP contribution in [0.2, 0.25) is 5.02 Å². The van der Waals surface area contributed by atoms with Crippen LogP contribution >= 0.6 is 11.6 Å². The van der Waals surface area contributed by atoms with E-state index in [1.54, 1.807) is 19.2 Å². The van der Waals surface area contributed by atoms with E-state index in [1.807, 2.05) is 19.9 Å². The number of methoxy groups -OCH3 is 1. The van der Waals surface area contributed by atoms with Gasteiger partial charge in [0.15, 0.2) is 0 Å². The van der Waals surface area contributed by atoms with E-state index in [0.29, 0.717) is 17.2 Å². The molecule has 1 saturated heterocycles.